The fourth-order valence-corrected chi connectivity index (χ4v) is 4.55. The number of likely N-dealkylation sites (tertiary alicyclic amines) is 1. The predicted octanol–water partition coefficient (Wildman–Crippen LogP) is 6.26. The van der Waals surface area contributed by atoms with Gasteiger partial charge in [0.05, 0.1) is 10.5 Å². The van der Waals surface area contributed by atoms with Gasteiger partial charge in [-0.2, -0.15) is 0 Å². The Morgan fingerprint density at radius 3 is 2.44 bits per heavy atom. The first-order chi connectivity index (χ1) is 15.5. The zero-order chi connectivity index (χ0) is 23.1. The van der Waals surface area contributed by atoms with Crippen molar-refractivity contribution in [2.75, 3.05) is 33.4 Å². The van der Waals surface area contributed by atoms with Gasteiger partial charge in [-0.25, -0.2) is 4.39 Å². The minimum Gasteiger partial charge on any atom is -0.381 e. The number of pyridine rings is 1. The third kappa shape index (κ3) is 5.52. The highest BCUT2D eigenvalue weighted by molar-refractivity contribution is 6.35. The van der Waals surface area contributed by atoms with Gasteiger partial charge in [0.1, 0.15) is 12.1 Å². The van der Waals surface area contributed by atoms with E-state index in [1.165, 1.54) is 32.0 Å². The van der Waals surface area contributed by atoms with Crippen molar-refractivity contribution >= 4 is 28.8 Å². The van der Waals surface area contributed by atoms with Crippen LogP contribution in [0.3, 0.4) is 0 Å². The van der Waals surface area contributed by atoms with Gasteiger partial charge in [-0.1, -0.05) is 43.6 Å². The van der Waals surface area contributed by atoms with E-state index in [4.69, 9.17) is 16.3 Å². The Kier molecular flexibility index (Phi) is 8.35. The second-order valence-corrected chi connectivity index (χ2v) is 8.57. The molecule has 0 N–H and O–H groups in total. The maximum absolute atomic E-state index is 14.0. The molecule has 2 saturated heterocycles. The third-order valence-electron chi connectivity index (χ3n) is 5.89. The number of carbonyl (C=O) groups is 1. The molecule has 0 amide bonds. The maximum atomic E-state index is 14.0. The summed E-state index contributed by atoms with van der Waals surface area (Å²) in [5, 5.41) is 1.34. The summed E-state index contributed by atoms with van der Waals surface area (Å²) in [6.45, 7) is 8.59. The van der Waals surface area contributed by atoms with Gasteiger partial charge in [-0.05, 0) is 49.7 Å². The number of nitrogens with zero attached hydrogens (tertiary/aromatic N) is 2. The van der Waals surface area contributed by atoms with E-state index in [9.17, 15) is 9.18 Å². The van der Waals surface area contributed by atoms with Crippen molar-refractivity contribution < 1.29 is 13.9 Å². The summed E-state index contributed by atoms with van der Waals surface area (Å²) < 4.78 is 19.3. The molecule has 6 heteroatoms. The van der Waals surface area contributed by atoms with Crippen LogP contribution in [0.25, 0.3) is 22.0 Å². The zero-order valence-electron chi connectivity index (χ0n) is 18.9. The molecule has 5 rings (SSSR count). The minimum atomic E-state index is -0.436. The molecular formula is C26H30ClFN2O2. The Morgan fingerprint density at radius 1 is 1.09 bits per heavy atom. The number of carbonyl (C=O) groups excluding carboxylic acids is 1. The molecule has 0 unspecified atom stereocenters. The quantitative estimate of drug-likeness (QED) is 0.427. The highest BCUT2D eigenvalue weighted by atomic mass is 35.5. The highest BCUT2D eigenvalue weighted by Gasteiger charge is 2.41. The predicted molar refractivity (Wildman–Crippen MR) is 129 cm³/mol. The van der Waals surface area contributed by atoms with E-state index in [1.807, 2.05) is 13.8 Å². The molecule has 0 aliphatic carbocycles. The number of fused-ring (bicyclic) bond motifs is 1. The van der Waals surface area contributed by atoms with E-state index >= 15 is 0 Å². The number of halogens is 2. The van der Waals surface area contributed by atoms with Crippen molar-refractivity contribution in [3.8, 4) is 11.1 Å². The smallest absolute Gasteiger partial charge is 0.150 e. The minimum absolute atomic E-state index is 0.312. The highest BCUT2D eigenvalue weighted by Crippen LogP contribution is 2.38. The van der Waals surface area contributed by atoms with Gasteiger partial charge in [-0.3, -0.25) is 9.78 Å². The molecule has 3 aromatic rings. The van der Waals surface area contributed by atoms with Crippen LogP contribution < -0.4 is 0 Å². The number of hydrogen-bond acceptors (Lipinski definition) is 4. The first-order valence-corrected chi connectivity index (χ1v) is 11.4. The third-order valence-corrected chi connectivity index (χ3v) is 6.22. The van der Waals surface area contributed by atoms with E-state index < -0.39 is 5.82 Å². The summed E-state index contributed by atoms with van der Waals surface area (Å²) in [5.74, 6) is -0.436. The molecule has 4 nitrogen and oxygen atoms in total. The van der Waals surface area contributed by atoms with Crippen LogP contribution in [0.15, 0.2) is 48.7 Å². The second-order valence-electron chi connectivity index (χ2n) is 8.17. The van der Waals surface area contributed by atoms with Crippen molar-refractivity contribution in [1.82, 2.24) is 9.88 Å². The van der Waals surface area contributed by atoms with Crippen LogP contribution in [0, 0.1) is 11.2 Å². The van der Waals surface area contributed by atoms with Crippen LogP contribution in [0.4, 0.5) is 4.39 Å². The Hall–Kier alpha value is -2.34. The Balaban J connectivity index is 0.000000201. The summed E-state index contributed by atoms with van der Waals surface area (Å²) in [6, 6.07) is 11.5. The average Bonchev–Trinajstić information content (AvgIpc) is 2.81. The van der Waals surface area contributed by atoms with Crippen molar-refractivity contribution in [2.45, 2.75) is 26.7 Å². The molecule has 1 spiro atoms. The van der Waals surface area contributed by atoms with Crippen LogP contribution in [-0.4, -0.2) is 49.5 Å². The van der Waals surface area contributed by atoms with Crippen molar-refractivity contribution in [2.24, 2.45) is 5.41 Å². The molecule has 170 valence electrons. The fraction of sp³-hybridized carbons (Fsp3) is 0.385. The van der Waals surface area contributed by atoms with E-state index in [0.29, 0.717) is 33.4 Å². The lowest BCUT2D eigenvalue weighted by Crippen LogP contribution is -2.56. The second kappa shape index (κ2) is 11.0. The molecule has 1 aromatic heterocycles. The fourth-order valence-electron chi connectivity index (χ4n) is 4.34. The van der Waals surface area contributed by atoms with Gasteiger partial charge in [0.15, 0.2) is 0 Å². The number of hydrogen-bond donors (Lipinski definition) is 0. The summed E-state index contributed by atoms with van der Waals surface area (Å²) in [6.07, 6.45) is 4.83. The molecule has 32 heavy (non-hydrogen) atoms. The molecular weight excluding hydrogens is 427 g/mol. The van der Waals surface area contributed by atoms with Crippen LogP contribution >= 0.6 is 11.6 Å². The SMILES string of the molecule is CC.CN1CC2(CCOCC2)C1.O=Cc1ccc(-c2ccc3nccc(Cl)c3c2)c(F)c1. The first kappa shape index (κ1) is 24.3. The largest absolute Gasteiger partial charge is 0.381 e. The van der Waals surface area contributed by atoms with Gasteiger partial charge >= 0.3 is 0 Å². The summed E-state index contributed by atoms with van der Waals surface area (Å²) in [7, 11) is 2.20. The number of ether oxygens (including phenoxy) is 1. The van der Waals surface area contributed by atoms with Crippen LogP contribution in [0.1, 0.15) is 37.0 Å². The zero-order valence-corrected chi connectivity index (χ0v) is 19.7. The number of aldehydes is 1. The van der Waals surface area contributed by atoms with Crippen LogP contribution in [0.2, 0.25) is 5.02 Å². The average molecular weight is 457 g/mol. The van der Waals surface area contributed by atoms with Gasteiger partial charge in [0, 0.05) is 54.4 Å². The topological polar surface area (TPSA) is 42.4 Å². The van der Waals surface area contributed by atoms with Crippen LogP contribution in [-0.2, 0) is 4.74 Å². The lowest BCUT2D eigenvalue weighted by atomic mass is 9.74. The standard InChI is InChI=1S/C16H9ClFNO.C8H15NO.C2H6/c17-14-5-6-19-16-4-2-11(8-13(14)16)12-3-1-10(9-20)7-15(12)18;1-9-6-8(7-9)2-4-10-5-3-8;1-2/h1-9H;2-7H2,1H3;1-2H3. The van der Waals surface area contributed by atoms with E-state index in [2.05, 4.69) is 16.9 Å². The molecule has 2 aliphatic rings. The molecule has 0 atom stereocenters. The number of benzene rings is 2. The van der Waals surface area contributed by atoms with E-state index in [-0.39, 0.29) is 0 Å². The molecule has 0 bridgehead atoms. The molecule has 2 fully saturated rings. The van der Waals surface area contributed by atoms with Gasteiger partial charge in [-0.15, -0.1) is 0 Å². The summed E-state index contributed by atoms with van der Waals surface area (Å²) >= 11 is 6.12. The van der Waals surface area contributed by atoms with E-state index in [1.54, 1.807) is 42.6 Å². The molecule has 0 radical (unpaired) electrons. The van der Waals surface area contributed by atoms with Gasteiger partial charge in [0.25, 0.3) is 0 Å². The van der Waals surface area contributed by atoms with Gasteiger partial charge in [0.2, 0.25) is 0 Å². The Labute approximate surface area is 194 Å². The maximum Gasteiger partial charge on any atom is 0.150 e. The lowest BCUT2D eigenvalue weighted by Gasteiger charge is -2.50. The Bertz CT molecular complexity index is 1050. The molecule has 2 aromatic carbocycles. The molecule has 0 saturated carbocycles. The van der Waals surface area contributed by atoms with E-state index in [0.717, 1.165) is 24.1 Å². The van der Waals surface area contributed by atoms with Gasteiger partial charge < -0.3 is 9.64 Å². The molecule has 3 heterocycles. The number of aromatic nitrogens is 1. The van der Waals surface area contributed by atoms with Crippen LogP contribution in [0.5, 0.6) is 0 Å². The summed E-state index contributed by atoms with van der Waals surface area (Å²) in [4.78, 5) is 17.2. The van der Waals surface area contributed by atoms with Crippen molar-refractivity contribution in [3.05, 3.63) is 65.1 Å². The molecule has 2 aliphatic heterocycles. The first-order valence-electron chi connectivity index (χ1n) is 11.1. The van der Waals surface area contributed by atoms with Crippen molar-refractivity contribution in [1.29, 1.82) is 0 Å². The lowest BCUT2D eigenvalue weighted by molar-refractivity contribution is -0.0698. The Morgan fingerprint density at radius 2 is 1.81 bits per heavy atom. The summed E-state index contributed by atoms with van der Waals surface area (Å²) in [5.41, 5.74) is 2.87. The normalized spacial score (nSPS) is 16.9. The van der Waals surface area contributed by atoms with Crippen molar-refractivity contribution in [3.63, 3.8) is 0 Å². The monoisotopic (exact) mass is 456 g/mol. The number of rotatable bonds is 2.